The average Bonchev–Trinajstić information content (AvgIpc) is 3.08. The molecular weight excluding hydrogens is 290 g/mol. The zero-order valence-corrected chi connectivity index (χ0v) is 12.2. The van der Waals surface area contributed by atoms with Crippen LogP contribution in [0.5, 0.6) is 0 Å². The second kappa shape index (κ2) is 4.35. The molecule has 18 heavy (non-hydrogen) atoms. The lowest BCUT2D eigenvalue weighted by Gasteiger charge is -2.14. The minimum Gasteiger partial charge on any atom is -0.329 e. The maximum Gasteiger partial charge on any atom is 0.117 e. The van der Waals surface area contributed by atoms with Gasteiger partial charge in [-0.25, -0.2) is 4.98 Å². The Labute approximate surface area is 116 Å². The number of imidazole rings is 1. The Morgan fingerprint density at radius 1 is 1.44 bits per heavy atom. The van der Waals surface area contributed by atoms with Gasteiger partial charge in [0, 0.05) is 23.0 Å². The minimum atomic E-state index is 0.153. The van der Waals surface area contributed by atoms with Crippen molar-refractivity contribution in [2.45, 2.75) is 38.1 Å². The molecule has 0 radical (unpaired) electrons. The van der Waals surface area contributed by atoms with Gasteiger partial charge in [0.1, 0.15) is 5.82 Å². The van der Waals surface area contributed by atoms with Crippen LogP contribution >= 0.6 is 15.9 Å². The van der Waals surface area contributed by atoms with E-state index in [2.05, 4.69) is 45.6 Å². The van der Waals surface area contributed by atoms with E-state index >= 15 is 0 Å². The monoisotopic (exact) mass is 307 g/mol. The van der Waals surface area contributed by atoms with Crippen LogP contribution in [-0.2, 0) is 12.0 Å². The number of aromatic nitrogens is 2. The van der Waals surface area contributed by atoms with E-state index in [1.165, 1.54) is 24.2 Å². The van der Waals surface area contributed by atoms with E-state index in [1.807, 2.05) is 0 Å². The zero-order chi connectivity index (χ0) is 12.8. The Morgan fingerprint density at radius 2 is 2.22 bits per heavy atom. The Hall–Kier alpha value is -0.870. The molecular formula is C14H18BrN3. The molecule has 1 aromatic heterocycles. The van der Waals surface area contributed by atoms with E-state index in [9.17, 15) is 0 Å². The van der Waals surface area contributed by atoms with Crippen LogP contribution < -0.4 is 5.73 Å². The van der Waals surface area contributed by atoms with Crippen LogP contribution in [0.15, 0.2) is 22.7 Å². The highest BCUT2D eigenvalue weighted by atomic mass is 79.9. The van der Waals surface area contributed by atoms with Gasteiger partial charge in [-0.1, -0.05) is 22.9 Å². The highest BCUT2D eigenvalue weighted by Crippen LogP contribution is 2.47. The Bertz CT molecular complexity index is 584. The number of benzene rings is 1. The van der Waals surface area contributed by atoms with E-state index in [1.54, 1.807) is 0 Å². The highest BCUT2D eigenvalue weighted by Gasteiger charge is 2.46. The van der Waals surface area contributed by atoms with E-state index in [4.69, 9.17) is 10.7 Å². The third-order valence-corrected chi connectivity index (χ3v) is 4.37. The molecule has 0 saturated heterocycles. The van der Waals surface area contributed by atoms with Crippen molar-refractivity contribution in [2.75, 3.05) is 6.54 Å². The van der Waals surface area contributed by atoms with Gasteiger partial charge in [-0.2, -0.15) is 0 Å². The molecule has 0 aliphatic heterocycles. The largest absolute Gasteiger partial charge is 0.329 e. The Balaban J connectivity index is 2.20. The summed E-state index contributed by atoms with van der Waals surface area (Å²) < 4.78 is 3.45. The number of nitrogens with two attached hydrogens (primary N) is 1. The normalized spacial score (nSPS) is 17.3. The maximum absolute atomic E-state index is 5.96. The fourth-order valence-corrected chi connectivity index (χ4v) is 2.98. The van der Waals surface area contributed by atoms with Gasteiger partial charge in [-0.3, -0.25) is 0 Å². The van der Waals surface area contributed by atoms with Crippen LogP contribution in [0.25, 0.3) is 11.0 Å². The summed E-state index contributed by atoms with van der Waals surface area (Å²) >= 11 is 3.51. The third-order valence-electron chi connectivity index (χ3n) is 3.88. The number of hydrogen-bond donors (Lipinski definition) is 1. The summed E-state index contributed by atoms with van der Waals surface area (Å²) in [5, 5.41) is 0. The first-order valence-corrected chi connectivity index (χ1v) is 7.36. The first kappa shape index (κ1) is 12.2. The zero-order valence-electron chi connectivity index (χ0n) is 10.6. The van der Waals surface area contributed by atoms with Crippen LogP contribution in [0.3, 0.4) is 0 Å². The van der Waals surface area contributed by atoms with Crippen molar-refractivity contribution in [3.05, 3.63) is 28.5 Å². The van der Waals surface area contributed by atoms with Crippen molar-refractivity contribution >= 4 is 27.0 Å². The topological polar surface area (TPSA) is 43.8 Å². The van der Waals surface area contributed by atoms with E-state index in [0.29, 0.717) is 6.54 Å². The van der Waals surface area contributed by atoms with E-state index in [-0.39, 0.29) is 5.41 Å². The van der Waals surface area contributed by atoms with Gasteiger partial charge in [-0.15, -0.1) is 0 Å². The lowest BCUT2D eigenvalue weighted by Crippen LogP contribution is -2.24. The first-order valence-electron chi connectivity index (χ1n) is 6.56. The van der Waals surface area contributed by atoms with Crippen molar-refractivity contribution in [3.63, 3.8) is 0 Å². The predicted octanol–water partition coefficient (Wildman–Crippen LogP) is 3.20. The van der Waals surface area contributed by atoms with E-state index < -0.39 is 0 Å². The molecule has 2 aromatic rings. The van der Waals surface area contributed by atoms with Gasteiger partial charge < -0.3 is 10.3 Å². The summed E-state index contributed by atoms with van der Waals surface area (Å²) in [5.74, 6) is 1.19. The first-order chi connectivity index (χ1) is 8.70. The SMILES string of the molecule is CCCn1c(C2(CN)CC2)nc2cc(Br)ccc21. The molecule has 0 unspecified atom stereocenters. The van der Waals surface area contributed by atoms with Crippen LogP contribution in [0.4, 0.5) is 0 Å². The van der Waals surface area contributed by atoms with Crippen molar-refractivity contribution < 1.29 is 0 Å². The molecule has 4 heteroatoms. The number of fused-ring (bicyclic) bond motifs is 1. The number of aryl methyl sites for hydroxylation is 1. The molecule has 0 amide bonds. The Kier molecular flexibility index (Phi) is 2.94. The second-order valence-corrected chi connectivity index (χ2v) is 6.12. The molecule has 0 bridgehead atoms. The van der Waals surface area contributed by atoms with E-state index in [0.717, 1.165) is 23.0 Å². The van der Waals surface area contributed by atoms with Gasteiger partial charge in [-0.05, 0) is 37.5 Å². The summed E-state index contributed by atoms with van der Waals surface area (Å²) in [6.45, 7) is 3.94. The number of nitrogens with zero attached hydrogens (tertiary/aromatic N) is 2. The van der Waals surface area contributed by atoms with Crippen LogP contribution in [-0.4, -0.2) is 16.1 Å². The molecule has 0 atom stereocenters. The summed E-state index contributed by atoms with van der Waals surface area (Å²) in [7, 11) is 0. The lowest BCUT2D eigenvalue weighted by molar-refractivity contribution is 0.572. The number of rotatable bonds is 4. The van der Waals surface area contributed by atoms with Gasteiger partial charge in [0.05, 0.1) is 11.0 Å². The van der Waals surface area contributed by atoms with Crippen molar-refractivity contribution in [1.82, 2.24) is 9.55 Å². The predicted molar refractivity (Wildman–Crippen MR) is 77.7 cm³/mol. The molecule has 1 heterocycles. The summed E-state index contributed by atoms with van der Waals surface area (Å²) in [6.07, 6.45) is 3.48. The molecule has 3 rings (SSSR count). The van der Waals surface area contributed by atoms with Crippen LogP contribution in [0.1, 0.15) is 32.0 Å². The fourth-order valence-electron chi connectivity index (χ4n) is 2.63. The number of hydrogen-bond acceptors (Lipinski definition) is 2. The quantitative estimate of drug-likeness (QED) is 0.942. The molecule has 3 nitrogen and oxygen atoms in total. The van der Waals surface area contributed by atoms with Crippen molar-refractivity contribution in [2.24, 2.45) is 5.73 Å². The maximum atomic E-state index is 5.96. The van der Waals surface area contributed by atoms with Crippen molar-refractivity contribution in [1.29, 1.82) is 0 Å². The average molecular weight is 308 g/mol. The fraction of sp³-hybridized carbons (Fsp3) is 0.500. The molecule has 2 N–H and O–H groups in total. The number of halogens is 1. The Morgan fingerprint density at radius 3 is 2.83 bits per heavy atom. The molecule has 0 spiro atoms. The molecule has 1 fully saturated rings. The summed E-state index contributed by atoms with van der Waals surface area (Å²) in [6, 6.07) is 6.33. The highest BCUT2D eigenvalue weighted by molar-refractivity contribution is 9.10. The van der Waals surface area contributed by atoms with Crippen LogP contribution in [0.2, 0.25) is 0 Å². The molecule has 96 valence electrons. The minimum absolute atomic E-state index is 0.153. The molecule has 1 aliphatic carbocycles. The van der Waals surface area contributed by atoms with Gasteiger partial charge in [0.2, 0.25) is 0 Å². The summed E-state index contributed by atoms with van der Waals surface area (Å²) in [5.41, 5.74) is 8.42. The second-order valence-electron chi connectivity index (χ2n) is 5.20. The van der Waals surface area contributed by atoms with Gasteiger partial charge in [0.15, 0.2) is 0 Å². The third kappa shape index (κ3) is 1.79. The van der Waals surface area contributed by atoms with Gasteiger partial charge >= 0.3 is 0 Å². The summed E-state index contributed by atoms with van der Waals surface area (Å²) in [4.78, 5) is 4.85. The van der Waals surface area contributed by atoms with Crippen molar-refractivity contribution in [3.8, 4) is 0 Å². The standard InChI is InChI=1S/C14H18BrN3/c1-2-7-18-12-4-3-10(15)8-11(12)17-13(18)14(9-16)5-6-14/h3-4,8H,2,5-7,9,16H2,1H3. The molecule has 1 saturated carbocycles. The van der Waals surface area contributed by atoms with Gasteiger partial charge in [0.25, 0.3) is 0 Å². The lowest BCUT2D eigenvalue weighted by atomic mass is 10.1. The smallest absolute Gasteiger partial charge is 0.117 e. The molecule has 1 aromatic carbocycles. The van der Waals surface area contributed by atoms with Crippen LogP contribution in [0, 0.1) is 0 Å². The molecule has 1 aliphatic rings.